The van der Waals surface area contributed by atoms with Crippen LogP contribution in [0.25, 0.3) is 10.2 Å². The largest absolute Gasteiger partial charge is 0.351 e. The summed E-state index contributed by atoms with van der Waals surface area (Å²) in [5.41, 5.74) is 2.00. The summed E-state index contributed by atoms with van der Waals surface area (Å²) in [5.74, 6) is -0.0152. The van der Waals surface area contributed by atoms with Crippen LogP contribution < -0.4 is 5.32 Å². The van der Waals surface area contributed by atoms with E-state index in [4.69, 9.17) is 11.6 Å². The number of aromatic nitrogens is 1. The van der Waals surface area contributed by atoms with Crippen molar-refractivity contribution in [3.05, 3.63) is 64.1 Å². The number of fused-ring (bicyclic) bond motifs is 1. The van der Waals surface area contributed by atoms with Crippen molar-refractivity contribution in [2.24, 2.45) is 0 Å². The molecule has 0 aliphatic carbocycles. The Balaban J connectivity index is 1.50. The van der Waals surface area contributed by atoms with Gasteiger partial charge in [0.25, 0.3) is 0 Å². The Bertz CT molecular complexity index is 816. The summed E-state index contributed by atoms with van der Waals surface area (Å²) in [6.07, 6.45) is 0. The molecule has 1 amide bonds. The van der Waals surface area contributed by atoms with Crippen molar-refractivity contribution in [3.8, 4) is 0 Å². The number of para-hydroxylation sites is 1. The van der Waals surface area contributed by atoms with Crippen molar-refractivity contribution in [1.82, 2.24) is 15.2 Å². The van der Waals surface area contributed by atoms with E-state index in [1.165, 1.54) is 4.70 Å². The second-order valence-corrected chi connectivity index (χ2v) is 7.21. The van der Waals surface area contributed by atoms with Gasteiger partial charge in [-0.05, 0) is 36.9 Å². The van der Waals surface area contributed by atoms with Crippen LogP contribution in [0.2, 0.25) is 5.02 Å². The third-order valence-electron chi connectivity index (χ3n) is 3.54. The van der Waals surface area contributed by atoms with Gasteiger partial charge in [0.05, 0.1) is 23.3 Å². The first-order chi connectivity index (χ1) is 11.6. The molecule has 2 aromatic carbocycles. The summed E-state index contributed by atoms with van der Waals surface area (Å²) in [5, 5.41) is 4.60. The van der Waals surface area contributed by atoms with Gasteiger partial charge in [0, 0.05) is 11.6 Å². The number of rotatable bonds is 6. The number of nitrogens with zero attached hydrogens (tertiary/aromatic N) is 2. The highest BCUT2D eigenvalue weighted by Crippen LogP contribution is 2.22. The number of thiazole rings is 1. The van der Waals surface area contributed by atoms with Crippen molar-refractivity contribution < 1.29 is 4.79 Å². The Morgan fingerprint density at radius 1 is 1.25 bits per heavy atom. The van der Waals surface area contributed by atoms with Gasteiger partial charge < -0.3 is 5.32 Å². The van der Waals surface area contributed by atoms with Crippen LogP contribution in [0, 0.1) is 0 Å². The van der Waals surface area contributed by atoms with E-state index in [0.29, 0.717) is 24.7 Å². The predicted octanol–water partition coefficient (Wildman–Crippen LogP) is 3.70. The lowest BCUT2D eigenvalue weighted by molar-refractivity contribution is -0.122. The van der Waals surface area contributed by atoms with Gasteiger partial charge in [0.2, 0.25) is 5.91 Å². The second kappa shape index (κ2) is 7.75. The van der Waals surface area contributed by atoms with Crippen LogP contribution in [-0.2, 0) is 17.9 Å². The number of amides is 1. The molecule has 0 saturated heterocycles. The summed E-state index contributed by atoms with van der Waals surface area (Å²) < 4.78 is 1.17. The zero-order valence-electron chi connectivity index (χ0n) is 13.3. The molecule has 0 atom stereocenters. The second-order valence-electron chi connectivity index (χ2n) is 5.65. The Kier molecular flexibility index (Phi) is 5.45. The number of benzene rings is 2. The van der Waals surface area contributed by atoms with E-state index in [1.54, 1.807) is 11.3 Å². The molecule has 0 saturated carbocycles. The molecule has 0 radical (unpaired) electrons. The lowest BCUT2D eigenvalue weighted by Gasteiger charge is -2.14. The van der Waals surface area contributed by atoms with E-state index >= 15 is 0 Å². The first kappa shape index (κ1) is 16.9. The van der Waals surface area contributed by atoms with Crippen molar-refractivity contribution in [2.75, 3.05) is 13.6 Å². The van der Waals surface area contributed by atoms with E-state index in [1.807, 2.05) is 54.4 Å². The van der Waals surface area contributed by atoms with E-state index < -0.39 is 0 Å². The topological polar surface area (TPSA) is 45.2 Å². The molecule has 0 aliphatic heterocycles. The third kappa shape index (κ3) is 4.54. The fourth-order valence-corrected chi connectivity index (χ4v) is 3.68. The molecular formula is C18H18ClN3OS. The van der Waals surface area contributed by atoms with Crippen molar-refractivity contribution in [1.29, 1.82) is 0 Å². The van der Waals surface area contributed by atoms with Gasteiger partial charge in [-0.15, -0.1) is 11.3 Å². The smallest absolute Gasteiger partial charge is 0.234 e. The minimum absolute atomic E-state index is 0.0152. The minimum atomic E-state index is -0.0152. The van der Waals surface area contributed by atoms with Crippen LogP contribution in [0.3, 0.4) is 0 Å². The van der Waals surface area contributed by atoms with Crippen LogP contribution in [0.4, 0.5) is 0 Å². The fraction of sp³-hybridized carbons (Fsp3) is 0.222. The lowest BCUT2D eigenvalue weighted by atomic mass is 10.2. The van der Waals surface area contributed by atoms with Crippen LogP contribution in [0.15, 0.2) is 48.5 Å². The first-order valence-corrected chi connectivity index (χ1v) is 8.84. The summed E-state index contributed by atoms with van der Waals surface area (Å²) in [4.78, 5) is 18.6. The molecule has 0 fully saturated rings. The number of carbonyl (C=O) groups is 1. The maximum Gasteiger partial charge on any atom is 0.234 e. The highest BCUT2D eigenvalue weighted by molar-refractivity contribution is 7.18. The summed E-state index contributed by atoms with van der Waals surface area (Å²) in [7, 11) is 1.92. The molecule has 24 heavy (non-hydrogen) atoms. The third-order valence-corrected chi connectivity index (χ3v) is 4.79. The number of hydrogen-bond donors (Lipinski definition) is 1. The predicted molar refractivity (Wildman–Crippen MR) is 99.3 cm³/mol. The Hall–Kier alpha value is -1.95. The summed E-state index contributed by atoms with van der Waals surface area (Å²) >= 11 is 7.61. The zero-order valence-corrected chi connectivity index (χ0v) is 14.9. The average Bonchev–Trinajstić information content (AvgIpc) is 2.95. The molecule has 0 bridgehead atoms. The highest BCUT2D eigenvalue weighted by atomic mass is 35.5. The molecule has 1 heterocycles. The standard InChI is InChI=1S/C18H18ClN3OS/c1-22(12-18-21-15-7-2-3-8-16(15)24-18)11-17(23)20-10-13-5-4-6-14(19)9-13/h2-9H,10-12H2,1H3,(H,20,23). The normalized spacial score (nSPS) is 11.1. The van der Waals surface area contributed by atoms with Crippen LogP contribution in [0.1, 0.15) is 10.6 Å². The Morgan fingerprint density at radius 2 is 2.08 bits per heavy atom. The van der Waals surface area contributed by atoms with Crippen molar-refractivity contribution in [3.63, 3.8) is 0 Å². The molecule has 0 aliphatic rings. The van der Waals surface area contributed by atoms with Gasteiger partial charge >= 0.3 is 0 Å². The average molecular weight is 360 g/mol. The Labute approximate surface area is 150 Å². The zero-order chi connectivity index (χ0) is 16.9. The Morgan fingerprint density at radius 3 is 2.88 bits per heavy atom. The molecule has 3 aromatic rings. The maximum atomic E-state index is 12.1. The van der Waals surface area contributed by atoms with E-state index in [2.05, 4.69) is 16.4 Å². The van der Waals surface area contributed by atoms with Crippen LogP contribution in [-0.4, -0.2) is 29.4 Å². The van der Waals surface area contributed by atoms with Crippen molar-refractivity contribution in [2.45, 2.75) is 13.1 Å². The van der Waals surface area contributed by atoms with Gasteiger partial charge in [-0.2, -0.15) is 0 Å². The van der Waals surface area contributed by atoms with Gasteiger partial charge in [-0.25, -0.2) is 4.98 Å². The summed E-state index contributed by atoms with van der Waals surface area (Å²) in [6.45, 7) is 1.47. The van der Waals surface area contributed by atoms with Crippen molar-refractivity contribution >= 4 is 39.1 Å². The molecule has 1 aromatic heterocycles. The number of carbonyl (C=O) groups excluding carboxylic acids is 1. The monoisotopic (exact) mass is 359 g/mol. The van der Waals surface area contributed by atoms with E-state index in [0.717, 1.165) is 16.1 Å². The molecule has 4 nitrogen and oxygen atoms in total. The van der Waals surface area contributed by atoms with Gasteiger partial charge in [0.1, 0.15) is 5.01 Å². The molecular weight excluding hydrogens is 342 g/mol. The molecule has 124 valence electrons. The molecule has 6 heteroatoms. The number of hydrogen-bond acceptors (Lipinski definition) is 4. The van der Waals surface area contributed by atoms with Gasteiger partial charge in [-0.3, -0.25) is 9.69 Å². The highest BCUT2D eigenvalue weighted by Gasteiger charge is 2.10. The quantitative estimate of drug-likeness (QED) is 0.730. The van der Waals surface area contributed by atoms with E-state index in [-0.39, 0.29) is 5.91 Å². The first-order valence-electron chi connectivity index (χ1n) is 7.64. The molecule has 0 spiro atoms. The number of nitrogens with one attached hydrogen (secondary N) is 1. The fourth-order valence-electron chi connectivity index (χ4n) is 2.42. The number of likely N-dealkylation sites (N-methyl/N-ethyl adjacent to an activating group) is 1. The lowest BCUT2D eigenvalue weighted by Crippen LogP contribution is -2.34. The summed E-state index contributed by atoms with van der Waals surface area (Å²) in [6, 6.07) is 15.6. The SMILES string of the molecule is CN(CC(=O)NCc1cccc(Cl)c1)Cc1nc2ccccc2s1. The maximum absolute atomic E-state index is 12.1. The van der Waals surface area contributed by atoms with Gasteiger partial charge in [-0.1, -0.05) is 35.9 Å². The molecule has 0 unspecified atom stereocenters. The van der Waals surface area contributed by atoms with Crippen LogP contribution in [0.5, 0.6) is 0 Å². The number of halogens is 1. The molecule has 3 rings (SSSR count). The van der Waals surface area contributed by atoms with Crippen LogP contribution >= 0.6 is 22.9 Å². The minimum Gasteiger partial charge on any atom is -0.351 e. The molecule has 1 N–H and O–H groups in total. The van der Waals surface area contributed by atoms with E-state index in [9.17, 15) is 4.79 Å². The van der Waals surface area contributed by atoms with Gasteiger partial charge in [0.15, 0.2) is 0 Å².